The van der Waals surface area contributed by atoms with Crippen LogP contribution in [0.25, 0.3) is 0 Å². The summed E-state index contributed by atoms with van der Waals surface area (Å²) in [7, 11) is -1.34. The van der Waals surface area contributed by atoms with E-state index in [1.807, 2.05) is 13.0 Å². The Bertz CT molecular complexity index is 415. The van der Waals surface area contributed by atoms with Crippen molar-refractivity contribution in [1.29, 1.82) is 0 Å². The topological polar surface area (TPSA) is 9.23 Å². The maximum atomic E-state index is 13.8. The molecule has 4 heteroatoms. The molecule has 0 atom stereocenters. The molecule has 0 heterocycles. The van der Waals surface area contributed by atoms with Gasteiger partial charge in [-0.1, -0.05) is 49.4 Å². The van der Waals surface area contributed by atoms with Gasteiger partial charge in [-0.2, -0.15) is 0 Å². The van der Waals surface area contributed by atoms with Crippen molar-refractivity contribution in [3.8, 4) is 5.75 Å². The predicted molar refractivity (Wildman–Crippen MR) is 81.7 cm³/mol. The summed E-state index contributed by atoms with van der Waals surface area (Å²) in [6.45, 7) is 13.7. The van der Waals surface area contributed by atoms with Crippen LogP contribution in [0.5, 0.6) is 5.75 Å². The van der Waals surface area contributed by atoms with Crippen LogP contribution in [0, 0.1) is 12.7 Å². The van der Waals surface area contributed by atoms with Crippen LogP contribution in [-0.2, 0) is 0 Å². The van der Waals surface area contributed by atoms with E-state index >= 15 is 0 Å². The number of benzene rings is 1. The minimum absolute atomic E-state index is 0.110. The lowest BCUT2D eigenvalue weighted by molar-refractivity contribution is 0.260. The zero-order valence-corrected chi connectivity index (χ0v) is 14.6. The first-order chi connectivity index (χ1) is 8.04. The first-order valence-corrected chi connectivity index (χ1v) is 10.4. The van der Waals surface area contributed by atoms with Gasteiger partial charge in [0.15, 0.2) is 11.6 Å². The molecule has 0 fully saturated rings. The van der Waals surface area contributed by atoms with E-state index in [-0.39, 0.29) is 10.9 Å². The number of rotatable bonds is 4. The predicted octanol–water partition coefficient (Wildman–Crippen LogP) is 5.39. The summed E-state index contributed by atoms with van der Waals surface area (Å²) in [6, 6.07) is 3.32. The zero-order chi connectivity index (χ0) is 14.1. The van der Waals surface area contributed by atoms with Crippen molar-refractivity contribution in [1.82, 2.24) is 0 Å². The number of hydrogen-bond donors (Lipinski definition) is 0. The summed E-state index contributed by atoms with van der Waals surface area (Å²) in [5.74, 6) is 0.0813. The highest BCUT2D eigenvalue weighted by molar-refractivity contribution is 9.10. The molecule has 18 heavy (non-hydrogen) atoms. The van der Waals surface area contributed by atoms with Crippen LogP contribution in [0.15, 0.2) is 16.6 Å². The van der Waals surface area contributed by atoms with E-state index < -0.39 is 8.07 Å². The molecule has 0 aliphatic heterocycles. The van der Waals surface area contributed by atoms with Crippen LogP contribution in [-0.4, -0.2) is 14.7 Å². The van der Waals surface area contributed by atoms with E-state index in [0.29, 0.717) is 12.4 Å². The normalized spacial score (nSPS) is 12.7. The summed E-state index contributed by atoms with van der Waals surface area (Å²) in [5.41, 5.74) is 0.827. The molecule has 1 aromatic carbocycles. The van der Waals surface area contributed by atoms with E-state index in [2.05, 4.69) is 49.4 Å². The molecule has 0 aliphatic rings. The van der Waals surface area contributed by atoms with E-state index in [4.69, 9.17) is 4.74 Å². The molecule has 1 nitrogen and oxygen atoms in total. The number of hydrogen-bond acceptors (Lipinski definition) is 1. The van der Waals surface area contributed by atoms with E-state index in [1.54, 1.807) is 0 Å². The van der Waals surface area contributed by atoms with Crippen molar-refractivity contribution in [2.45, 2.75) is 45.5 Å². The fourth-order valence-corrected chi connectivity index (χ4v) is 2.39. The molecule has 0 spiro atoms. The van der Waals surface area contributed by atoms with Crippen molar-refractivity contribution in [3.63, 3.8) is 0 Å². The molecule has 1 aromatic rings. The Morgan fingerprint density at radius 2 is 1.83 bits per heavy atom. The molecule has 0 bridgehead atoms. The van der Waals surface area contributed by atoms with Crippen molar-refractivity contribution in [2.75, 3.05) is 6.61 Å². The average molecular weight is 333 g/mol. The van der Waals surface area contributed by atoms with Crippen molar-refractivity contribution < 1.29 is 9.13 Å². The fourth-order valence-electron chi connectivity index (χ4n) is 1.34. The lowest BCUT2D eigenvalue weighted by atomic mass is 10.2. The SMILES string of the molecule is Cc1cc(Br)cc(F)c1OCC(C)(C)[Si](C)(C)C. The molecule has 0 unspecified atom stereocenters. The van der Waals surface area contributed by atoms with E-state index in [9.17, 15) is 4.39 Å². The number of halogens is 2. The molecular formula is C14H22BrFOSi. The van der Waals surface area contributed by atoms with Gasteiger partial charge in [-0.05, 0) is 29.7 Å². The minimum atomic E-state index is -1.34. The first kappa shape index (κ1) is 15.7. The molecule has 0 amide bonds. The molecule has 0 saturated carbocycles. The van der Waals surface area contributed by atoms with Crippen LogP contribution >= 0.6 is 15.9 Å². The van der Waals surface area contributed by atoms with Crippen LogP contribution in [0.1, 0.15) is 19.4 Å². The summed E-state index contributed by atoms with van der Waals surface area (Å²) >= 11 is 3.28. The average Bonchev–Trinajstić information content (AvgIpc) is 2.13. The van der Waals surface area contributed by atoms with Gasteiger partial charge in [0.05, 0.1) is 14.7 Å². The lowest BCUT2D eigenvalue weighted by Crippen LogP contribution is -2.39. The Hall–Kier alpha value is -0.353. The van der Waals surface area contributed by atoms with Crippen LogP contribution in [0.3, 0.4) is 0 Å². The summed E-state index contributed by atoms with van der Waals surface area (Å²) in [6.07, 6.45) is 0. The lowest BCUT2D eigenvalue weighted by Gasteiger charge is -2.36. The Kier molecular flexibility index (Phi) is 4.65. The highest BCUT2D eigenvalue weighted by Crippen LogP contribution is 2.38. The van der Waals surface area contributed by atoms with Gasteiger partial charge >= 0.3 is 0 Å². The van der Waals surface area contributed by atoms with Gasteiger partial charge in [0.25, 0.3) is 0 Å². The van der Waals surface area contributed by atoms with Gasteiger partial charge in [0.2, 0.25) is 0 Å². The van der Waals surface area contributed by atoms with E-state index in [1.165, 1.54) is 6.07 Å². The van der Waals surface area contributed by atoms with Gasteiger partial charge in [-0.3, -0.25) is 0 Å². The van der Waals surface area contributed by atoms with Gasteiger partial charge in [0, 0.05) is 4.47 Å². The van der Waals surface area contributed by atoms with Crippen molar-refractivity contribution in [3.05, 3.63) is 28.0 Å². The number of ether oxygens (including phenoxy) is 1. The zero-order valence-electron chi connectivity index (χ0n) is 12.0. The molecule has 0 aliphatic carbocycles. The Morgan fingerprint density at radius 1 is 1.28 bits per heavy atom. The molecule has 1 rings (SSSR count). The fraction of sp³-hybridized carbons (Fsp3) is 0.571. The molecule has 0 radical (unpaired) electrons. The summed E-state index contributed by atoms with van der Waals surface area (Å²) in [5, 5.41) is 0.110. The first-order valence-electron chi connectivity index (χ1n) is 6.13. The second kappa shape index (κ2) is 5.33. The van der Waals surface area contributed by atoms with E-state index in [0.717, 1.165) is 10.0 Å². The van der Waals surface area contributed by atoms with Crippen LogP contribution in [0.2, 0.25) is 24.7 Å². The van der Waals surface area contributed by atoms with Crippen LogP contribution < -0.4 is 4.74 Å². The standard InChI is InChI=1S/C14H22BrFOSi/c1-10-7-11(15)8-12(16)13(10)17-9-14(2,3)18(4,5)6/h7-8H,9H2,1-6H3. The second-order valence-corrected chi connectivity index (χ2v) is 13.2. The largest absolute Gasteiger partial charge is 0.490 e. The third-order valence-corrected chi connectivity index (χ3v) is 8.46. The summed E-state index contributed by atoms with van der Waals surface area (Å²) in [4.78, 5) is 0. The molecule has 0 N–H and O–H groups in total. The molecule has 102 valence electrons. The third kappa shape index (κ3) is 3.57. The maximum absolute atomic E-state index is 13.8. The Morgan fingerprint density at radius 3 is 2.28 bits per heavy atom. The highest BCUT2D eigenvalue weighted by atomic mass is 79.9. The highest BCUT2D eigenvalue weighted by Gasteiger charge is 2.35. The Balaban J connectivity index is 2.88. The molecule has 0 saturated heterocycles. The van der Waals surface area contributed by atoms with Gasteiger partial charge in [-0.25, -0.2) is 4.39 Å². The van der Waals surface area contributed by atoms with Crippen LogP contribution in [0.4, 0.5) is 4.39 Å². The third-order valence-electron chi connectivity index (χ3n) is 3.80. The molecule has 0 aromatic heterocycles. The van der Waals surface area contributed by atoms with Gasteiger partial charge < -0.3 is 4.74 Å². The number of aryl methyl sites for hydroxylation is 1. The quantitative estimate of drug-likeness (QED) is 0.671. The second-order valence-electron chi connectivity index (χ2n) is 6.46. The maximum Gasteiger partial charge on any atom is 0.166 e. The molecular weight excluding hydrogens is 311 g/mol. The minimum Gasteiger partial charge on any atom is -0.490 e. The van der Waals surface area contributed by atoms with Gasteiger partial charge in [-0.15, -0.1) is 0 Å². The van der Waals surface area contributed by atoms with Crippen molar-refractivity contribution in [2.24, 2.45) is 0 Å². The van der Waals surface area contributed by atoms with Gasteiger partial charge in [0.1, 0.15) is 0 Å². The smallest absolute Gasteiger partial charge is 0.166 e. The summed E-state index contributed by atoms with van der Waals surface area (Å²) < 4.78 is 20.3. The van der Waals surface area contributed by atoms with Crippen molar-refractivity contribution >= 4 is 24.0 Å². The monoisotopic (exact) mass is 332 g/mol. The Labute approximate surface area is 119 Å².